The van der Waals surface area contributed by atoms with Gasteiger partial charge in [-0.25, -0.2) is 4.79 Å². The summed E-state index contributed by atoms with van der Waals surface area (Å²) >= 11 is 0. The Bertz CT molecular complexity index is 1520. The summed E-state index contributed by atoms with van der Waals surface area (Å²) in [5.74, 6) is -4.61. The van der Waals surface area contributed by atoms with Crippen LogP contribution < -0.4 is 0 Å². The van der Waals surface area contributed by atoms with Crippen LogP contribution in [0.1, 0.15) is 73.8 Å². The second-order valence-corrected chi connectivity index (χ2v) is 13.7. The number of aliphatic hydroxyl groups is 1. The molecule has 11 heteroatoms. The molecule has 0 saturated heterocycles. The van der Waals surface area contributed by atoms with Crippen molar-refractivity contribution in [3.63, 3.8) is 0 Å². The topological polar surface area (TPSA) is 152 Å². The Kier molecular flexibility index (Phi) is 10.7. The van der Waals surface area contributed by atoms with E-state index in [0.29, 0.717) is 16.7 Å². The molecule has 1 aromatic carbocycles. The molecule has 0 radical (unpaired) electrons. The van der Waals surface area contributed by atoms with Crippen molar-refractivity contribution in [1.82, 2.24) is 0 Å². The van der Waals surface area contributed by atoms with E-state index < -0.39 is 89.1 Å². The standard InChI is InChI=1S/C37H46O11/c1-19-26-17-27-32(43)33(45-22(4)39)20(2)31(36(27,7)8)34(46-23(5)40)35(47-24(6)41)37(26,9)29(44-21(3)38)18-28(19)48-30(42)16-15-25-13-11-10-12-14-25/h10-16,26-29,32-35,43H,1,17-18H2,2-9H3/b16-15+/t26-,27-,28+,29+,32-,33-,34-,35+,37+/m1/s1. The first-order valence-corrected chi connectivity index (χ1v) is 16.1. The Morgan fingerprint density at radius 1 is 0.812 bits per heavy atom. The predicted molar refractivity (Wildman–Crippen MR) is 174 cm³/mol. The average Bonchev–Trinajstić information content (AvgIpc) is 2.98. The zero-order chi connectivity index (χ0) is 35.7. The zero-order valence-electron chi connectivity index (χ0n) is 28.8. The van der Waals surface area contributed by atoms with Gasteiger partial charge in [0.2, 0.25) is 0 Å². The number of carbonyl (C=O) groups is 5. The molecule has 0 amide bonds. The van der Waals surface area contributed by atoms with Gasteiger partial charge in [0.15, 0.2) is 12.2 Å². The van der Waals surface area contributed by atoms with Crippen LogP contribution in [0.5, 0.6) is 0 Å². The first-order chi connectivity index (χ1) is 22.4. The van der Waals surface area contributed by atoms with Crippen LogP contribution in [0.2, 0.25) is 0 Å². The third kappa shape index (κ3) is 7.11. The van der Waals surface area contributed by atoms with Gasteiger partial charge in [-0.2, -0.15) is 0 Å². The summed E-state index contributed by atoms with van der Waals surface area (Å²) in [6.45, 7) is 16.5. The fourth-order valence-corrected chi connectivity index (χ4v) is 8.16. The van der Waals surface area contributed by atoms with Crippen LogP contribution in [0.25, 0.3) is 6.08 Å². The number of aliphatic hydroxyl groups excluding tert-OH is 1. The minimum absolute atomic E-state index is 0.0222. The third-order valence-corrected chi connectivity index (χ3v) is 10.2. The maximum absolute atomic E-state index is 13.1. The molecule has 3 aliphatic carbocycles. The molecule has 1 N–H and O–H groups in total. The zero-order valence-corrected chi connectivity index (χ0v) is 28.8. The molecular weight excluding hydrogens is 620 g/mol. The molecular formula is C37H46O11. The highest BCUT2D eigenvalue weighted by Crippen LogP contribution is 2.61. The van der Waals surface area contributed by atoms with E-state index in [-0.39, 0.29) is 12.8 Å². The number of rotatable bonds is 7. The highest BCUT2D eigenvalue weighted by molar-refractivity contribution is 5.87. The molecule has 9 atom stereocenters. The lowest BCUT2D eigenvalue weighted by molar-refractivity contribution is -0.216. The Labute approximate surface area is 281 Å². The largest absolute Gasteiger partial charge is 0.462 e. The minimum atomic E-state index is -1.30. The van der Waals surface area contributed by atoms with Gasteiger partial charge in [0.1, 0.15) is 18.3 Å². The fourth-order valence-electron chi connectivity index (χ4n) is 8.16. The Balaban J connectivity index is 1.92. The van der Waals surface area contributed by atoms with Crippen molar-refractivity contribution in [3.8, 4) is 0 Å². The van der Waals surface area contributed by atoms with Gasteiger partial charge in [0.25, 0.3) is 0 Å². The van der Waals surface area contributed by atoms with E-state index in [1.54, 1.807) is 19.9 Å². The maximum Gasteiger partial charge on any atom is 0.331 e. The fraction of sp³-hybridized carbons (Fsp3) is 0.541. The number of hydrogen-bond donors (Lipinski definition) is 1. The van der Waals surface area contributed by atoms with E-state index in [1.807, 2.05) is 44.2 Å². The molecule has 2 bridgehead atoms. The molecule has 0 aromatic heterocycles. The molecule has 0 heterocycles. The van der Waals surface area contributed by atoms with Crippen LogP contribution in [0.4, 0.5) is 0 Å². The van der Waals surface area contributed by atoms with Crippen molar-refractivity contribution in [1.29, 1.82) is 0 Å². The van der Waals surface area contributed by atoms with Crippen LogP contribution in [0.15, 0.2) is 59.7 Å². The molecule has 2 saturated carbocycles. The van der Waals surface area contributed by atoms with Crippen molar-refractivity contribution < 1.29 is 52.8 Å². The smallest absolute Gasteiger partial charge is 0.331 e. The maximum atomic E-state index is 13.1. The summed E-state index contributed by atoms with van der Waals surface area (Å²) < 4.78 is 29.6. The monoisotopic (exact) mass is 666 g/mol. The van der Waals surface area contributed by atoms with E-state index in [4.69, 9.17) is 23.7 Å². The van der Waals surface area contributed by atoms with E-state index >= 15 is 0 Å². The number of fused-ring (bicyclic) bond motifs is 3. The van der Waals surface area contributed by atoms with Crippen LogP contribution in [-0.4, -0.2) is 71.6 Å². The summed E-state index contributed by atoms with van der Waals surface area (Å²) in [6, 6.07) is 9.20. The number of ether oxygens (including phenoxy) is 5. The molecule has 0 unspecified atom stereocenters. The highest BCUT2D eigenvalue weighted by atomic mass is 16.6. The first kappa shape index (κ1) is 36.6. The number of benzene rings is 1. The Morgan fingerprint density at radius 2 is 1.38 bits per heavy atom. The lowest BCUT2D eigenvalue weighted by atomic mass is 9.49. The van der Waals surface area contributed by atoms with Gasteiger partial charge in [-0.1, -0.05) is 57.7 Å². The minimum Gasteiger partial charge on any atom is -0.462 e. The van der Waals surface area contributed by atoms with Crippen LogP contribution in [0, 0.1) is 22.7 Å². The van der Waals surface area contributed by atoms with Gasteiger partial charge in [0, 0.05) is 40.2 Å². The molecule has 2 fully saturated rings. The summed E-state index contributed by atoms with van der Waals surface area (Å²) in [6.07, 6.45) is -3.65. The van der Waals surface area contributed by atoms with Crippen molar-refractivity contribution >= 4 is 35.9 Å². The predicted octanol–water partition coefficient (Wildman–Crippen LogP) is 4.66. The molecule has 4 rings (SSSR count). The van der Waals surface area contributed by atoms with Crippen molar-refractivity contribution in [2.45, 2.75) is 105 Å². The van der Waals surface area contributed by atoms with Gasteiger partial charge in [0.05, 0.1) is 11.5 Å². The summed E-state index contributed by atoms with van der Waals surface area (Å²) in [5, 5.41) is 11.9. The normalized spacial score (nSPS) is 32.6. The van der Waals surface area contributed by atoms with Gasteiger partial charge < -0.3 is 28.8 Å². The molecule has 1 aromatic rings. The van der Waals surface area contributed by atoms with Gasteiger partial charge in [-0.05, 0) is 59.0 Å². The lowest BCUT2D eigenvalue weighted by Crippen LogP contribution is -2.66. The SMILES string of the molecule is C=C1[C@@H](OC(=O)/C=C/c2ccccc2)C[C@H](OC(C)=O)[C@]2(C)[C@@H]1C[C@@H]1[C@@H](O)[C@H](OC(C)=O)C(C)=C([C@@H](OC(C)=O)[C@@H]2OC(C)=O)C1(C)C. The Morgan fingerprint density at radius 3 is 1.94 bits per heavy atom. The Hall–Kier alpha value is -4.25. The lowest BCUT2D eigenvalue weighted by Gasteiger charge is -2.60. The second-order valence-electron chi connectivity index (χ2n) is 13.7. The highest BCUT2D eigenvalue weighted by Gasteiger charge is 2.65. The van der Waals surface area contributed by atoms with Crippen LogP contribution in [-0.2, 0) is 47.7 Å². The van der Waals surface area contributed by atoms with E-state index in [1.165, 1.54) is 33.8 Å². The summed E-state index contributed by atoms with van der Waals surface area (Å²) in [4.78, 5) is 63.6. The third-order valence-electron chi connectivity index (χ3n) is 10.2. The second kappa shape index (κ2) is 14.1. The molecule has 3 aliphatic rings. The van der Waals surface area contributed by atoms with Crippen LogP contribution >= 0.6 is 0 Å². The molecule has 260 valence electrons. The summed E-state index contributed by atoms with van der Waals surface area (Å²) in [7, 11) is 0. The van der Waals surface area contributed by atoms with E-state index in [0.717, 1.165) is 5.56 Å². The van der Waals surface area contributed by atoms with Gasteiger partial charge >= 0.3 is 29.8 Å². The van der Waals surface area contributed by atoms with E-state index in [9.17, 15) is 29.1 Å². The quantitative estimate of drug-likeness (QED) is 0.187. The van der Waals surface area contributed by atoms with Gasteiger partial charge in [-0.15, -0.1) is 0 Å². The average molecular weight is 667 g/mol. The molecule has 0 spiro atoms. The van der Waals surface area contributed by atoms with Gasteiger partial charge in [-0.3, -0.25) is 19.2 Å². The van der Waals surface area contributed by atoms with Crippen molar-refractivity contribution in [2.75, 3.05) is 0 Å². The number of hydrogen-bond acceptors (Lipinski definition) is 11. The molecule has 0 aliphatic heterocycles. The molecule has 48 heavy (non-hydrogen) atoms. The summed E-state index contributed by atoms with van der Waals surface area (Å²) in [5.41, 5.74) is 0.0168. The molecule has 11 nitrogen and oxygen atoms in total. The van der Waals surface area contributed by atoms with E-state index in [2.05, 4.69) is 6.58 Å². The van der Waals surface area contributed by atoms with Crippen LogP contribution in [0.3, 0.4) is 0 Å². The number of esters is 5. The van der Waals surface area contributed by atoms with Crippen molar-refractivity contribution in [2.24, 2.45) is 22.7 Å². The first-order valence-electron chi connectivity index (χ1n) is 16.1. The van der Waals surface area contributed by atoms with Crippen molar-refractivity contribution in [3.05, 3.63) is 65.3 Å². The number of carbonyl (C=O) groups excluding carboxylic acids is 5.